The van der Waals surface area contributed by atoms with Gasteiger partial charge in [-0.05, 0) is 48.5 Å². The number of nitrogens with zero attached hydrogens (tertiary/aromatic N) is 2. The van der Waals surface area contributed by atoms with Crippen LogP contribution in [0.2, 0.25) is 0 Å². The van der Waals surface area contributed by atoms with E-state index in [1.54, 1.807) is 41.0 Å². The molecule has 0 aliphatic heterocycles. The topological polar surface area (TPSA) is 69.3 Å². The molecule has 1 amide bonds. The Morgan fingerprint density at radius 3 is 2.70 bits per heavy atom. The average molecular weight is 415 g/mol. The lowest BCUT2D eigenvalue weighted by Crippen LogP contribution is -2.16. The van der Waals surface area contributed by atoms with E-state index in [1.165, 1.54) is 19.4 Å². The van der Waals surface area contributed by atoms with Crippen LogP contribution in [0.15, 0.2) is 65.3 Å². The highest BCUT2D eigenvalue weighted by molar-refractivity contribution is 6.04. The number of nitrogens with one attached hydrogen (secondary N) is 1. The summed E-state index contributed by atoms with van der Waals surface area (Å²) in [5.41, 5.74) is 0.0444. The summed E-state index contributed by atoms with van der Waals surface area (Å²) in [6, 6.07) is 13.2. The Labute approximate surface area is 168 Å². The van der Waals surface area contributed by atoms with Gasteiger partial charge < -0.3 is 13.7 Å². The molecule has 4 aromatic rings. The summed E-state index contributed by atoms with van der Waals surface area (Å²) in [6.07, 6.45) is -3.01. The van der Waals surface area contributed by atoms with E-state index >= 15 is 0 Å². The van der Waals surface area contributed by atoms with Crippen molar-refractivity contribution >= 4 is 22.9 Å². The molecule has 2 aromatic heterocycles. The van der Waals surface area contributed by atoms with E-state index in [0.29, 0.717) is 22.6 Å². The number of methoxy groups -OCH3 is 1. The van der Waals surface area contributed by atoms with E-state index in [4.69, 9.17) is 9.15 Å². The molecule has 9 heteroatoms. The number of aromatic nitrogens is 2. The molecule has 0 radical (unpaired) electrons. The Bertz CT molecular complexity index is 1200. The van der Waals surface area contributed by atoms with Crippen LogP contribution >= 0.6 is 0 Å². The maximum absolute atomic E-state index is 13.1. The van der Waals surface area contributed by atoms with Gasteiger partial charge in [-0.15, -0.1) is 0 Å². The second-order valence-electron chi connectivity index (χ2n) is 6.49. The maximum Gasteiger partial charge on any atom is 0.416 e. The Balaban J connectivity index is 1.75. The standard InChI is InChI=1S/C21H16F3N3O3/c1-29-15-5-2-4-13(10-15)19(28)26-20-25-17-11-14(21(22,23)24)7-8-18(17)27(20)12-16-6-3-9-30-16/h2-11H,12H2,1H3,(H,25,26,28). The second-order valence-corrected chi connectivity index (χ2v) is 6.49. The van der Waals surface area contributed by atoms with Gasteiger partial charge in [-0.1, -0.05) is 6.07 Å². The Kier molecular flexibility index (Phi) is 4.94. The molecule has 30 heavy (non-hydrogen) atoms. The number of rotatable bonds is 5. The Morgan fingerprint density at radius 1 is 1.17 bits per heavy atom. The number of amides is 1. The van der Waals surface area contributed by atoms with Crippen molar-refractivity contribution in [2.45, 2.75) is 12.7 Å². The largest absolute Gasteiger partial charge is 0.497 e. The van der Waals surface area contributed by atoms with E-state index in [-0.39, 0.29) is 18.0 Å². The zero-order valence-corrected chi connectivity index (χ0v) is 15.7. The van der Waals surface area contributed by atoms with E-state index < -0.39 is 17.6 Å². The molecule has 0 saturated carbocycles. The zero-order valence-electron chi connectivity index (χ0n) is 15.7. The number of imidazole rings is 1. The molecule has 0 spiro atoms. The predicted molar refractivity (Wildman–Crippen MR) is 103 cm³/mol. The number of fused-ring (bicyclic) bond motifs is 1. The van der Waals surface area contributed by atoms with Crippen LogP contribution in [-0.4, -0.2) is 22.6 Å². The highest BCUT2D eigenvalue weighted by Crippen LogP contribution is 2.32. The van der Waals surface area contributed by atoms with Gasteiger partial charge in [0.05, 0.1) is 36.5 Å². The normalized spacial score (nSPS) is 11.6. The minimum Gasteiger partial charge on any atom is -0.497 e. The van der Waals surface area contributed by atoms with Crippen molar-refractivity contribution in [2.24, 2.45) is 0 Å². The van der Waals surface area contributed by atoms with Crippen molar-refractivity contribution in [3.05, 3.63) is 77.7 Å². The van der Waals surface area contributed by atoms with Gasteiger partial charge in [-0.2, -0.15) is 13.2 Å². The van der Waals surface area contributed by atoms with Crippen molar-refractivity contribution in [1.29, 1.82) is 0 Å². The summed E-state index contributed by atoms with van der Waals surface area (Å²) < 4.78 is 51.4. The number of halogens is 3. The fourth-order valence-corrected chi connectivity index (χ4v) is 3.06. The minimum absolute atomic E-state index is 0.105. The van der Waals surface area contributed by atoms with Crippen molar-refractivity contribution in [3.63, 3.8) is 0 Å². The smallest absolute Gasteiger partial charge is 0.416 e. The summed E-state index contributed by atoms with van der Waals surface area (Å²) in [6.45, 7) is 0.183. The fourth-order valence-electron chi connectivity index (χ4n) is 3.06. The number of benzene rings is 2. The number of carbonyl (C=O) groups is 1. The number of furan rings is 1. The average Bonchev–Trinajstić information content (AvgIpc) is 3.35. The first-order valence-electron chi connectivity index (χ1n) is 8.90. The van der Waals surface area contributed by atoms with Gasteiger partial charge in [0.15, 0.2) is 0 Å². The molecule has 0 bridgehead atoms. The molecule has 0 aliphatic carbocycles. The summed E-state index contributed by atoms with van der Waals surface area (Å²) in [7, 11) is 1.48. The number of ether oxygens (including phenoxy) is 1. The van der Waals surface area contributed by atoms with Crippen molar-refractivity contribution in [3.8, 4) is 5.75 Å². The highest BCUT2D eigenvalue weighted by atomic mass is 19.4. The molecule has 0 saturated heterocycles. The Hall–Kier alpha value is -3.75. The third-order valence-electron chi connectivity index (χ3n) is 4.53. The van der Waals surface area contributed by atoms with Gasteiger partial charge in [0.2, 0.25) is 5.95 Å². The summed E-state index contributed by atoms with van der Waals surface area (Å²) in [5, 5.41) is 2.67. The summed E-state index contributed by atoms with van der Waals surface area (Å²) in [4.78, 5) is 17.0. The fraction of sp³-hybridized carbons (Fsp3) is 0.143. The zero-order chi connectivity index (χ0) is 21.3. The van der Waals surface area contributed by atoms with Crippen LogP contribution in [-0.2, 0) is 12.7 Å². The molecule has 0 unspecified atom stereocenters. The SMILES string of the molecule is COc1cccc(C(=O)Nc2nc3cc(C(F)(F)F)ccc3n2Cc2ccco2)c1. The van der Waals surface area contributed by atoms with Crippen molar-refractivity contribution < 1.29 is 27.1 Å². The van der Waals surface area contributed by atoms with Crippen LogP contribution < -0.4 is 10.1 Å². The number of carbonyl (C=O) groups excluding carboxylic acids is 1. The molecule has 154 valence electrons. The molecule has 1 N–H and O–H groups in total. The third kappa shape index (κ3) is 3.86. The molecular weight excluding hydrogens is 399 g/mol. The van der Waals surface area contributed by atoms with Crippen LogP contribution in [0.25, 0.3) is 11.0 Å². The van der Waals surface area contributed by atoms with E-state index in [2.05, 4.69) is 10.3 Å². The summed E-state index contributed by atoms with van der Waals surface area (Å²) >= 11 is 0. The molecule has 0 fully saturated rings. The second kappa shape index (κ2) is 7.58. The predicted octanol–water partition coefficient (Wildman–Crippen LogP) is 4.96. The molecule has 4 rings (SSSR count). The van der Waals surface area contributed by atoms with Gasteiger partial charge in [-0.3, -0.25) is 10.1 Å². The lowest BCUT2D eigenvalue weighted by Gasteiger charge is -2.10. The lowest BCUT2D eigenvalue weighted by molar-refractivity contribution is -0.137. The molecule has 6 nitrogen and oxygen atoms in total. The molecule has 2 aromatic carbocycles. The van der Waals surface area contributed by atoms with Gasteiger partial charge >= 0.3 is 6.18 Å². The van der Waals surface area contributed by atoms with E-state index in [9.17, 15) is 18.0 Å². The molecule has 2 heterocycles. The molecule has 0 atom stereocenters. The third-order valence-corrected chi connectivity index (χ3v) is 4.53. The van der Waals surface area contributed by atoms with Crippen LogP contribution in [0.5, 0.6) is 5.75 Å². The number of anilines is 1. The van der Waals surface area contributed by atoms with Crippen molar-refractivity contribution in [1.82, 2.24) is 9.55 Å². The van der Waals surface area contributed by atoms with Crippen LogP contribution in [0.1, 0.15) is 21.7 Å². The maximum atomic E-state index is 13.1. The number of hydrogen-bond donors (Lipinski definition) is 1. The van der Waals surface area contributed by atoms with Crippen LogP contribution in [0.3, 0.4) is 0 Å². The number of alkyl halides is 3. The first-order chi connectivity index (χ1) is 14.3. The highest BCUT2D eigenvalue weighted by Gasteiger charge is 2.31. The molecular formula is C21H16F3N3O3. The van der Waals surface area contributed by atoms with Gasteiger partial charge in [-0.25, -0.2) is 4.98 Å². The van der Waals surface area contributed by atoms with E-state index in [1.807, 2.05) is 0 Å². The Morgan fingerprint density at radius 2 is 2.00 bits per heavy atom. The monoisotopic (exact) mass is 415 g/mol. The molecule has 0 aliphatic rings. The minimum atomic E-state index is -4.50. The van der Waals surface area contributed by atoms with E-state index in [0.717, 1.165) is 12.1 Å². The van der Waals surface area contributed by atoms with Crippen LogP contribution in [0.4, 0.5) is 19.1 Å². The first kappa shape index (κ1) is 19.6. The number of hydrogen-bond acceptors (Lipinski definition) is 4. The van der Waals surface area contributed by atoms with Crippen molar-refractivity contribution in [2.75, 3.05) is 12.4 Å². The van der Waals surface area contributed by atoms with Gasteiger partial charge in [0.25, 0.3) is 5.91 Å². The lowest BCUT2D eigenvalue weighted by atomic mass is 10.2. The van der Waals surface area contributed by atoms with Gasteiger partial charge in [0.1, 0.15) is 11.5 Å². The summed E-state index contributed by atoms with van der Waals surface area (Å²) in [5.74, 6) is 0.696. The first-order valence-corrected chi connectivity index (χ1v) is 8.90. The quantitative estimate of drug-likeness (QED) is 0.500. The van der Waals surface area contributed by atoms with Gasteiger partial charge in [0, 0.05) is 5.56 Å². The van der Waals surface area contributed by atoms with Crippen LogP contribution in [0, 0.1) is 0 Å².